The number of nitrogens with zero attached hydrogens (tertiary/aromatic N) is 4. The molecule has 156 valence electrons. The van der Waals surface area contributed by atoms with Crippen molar-refractivity contribution in [3.63, 3.8) is 0 Å². The summed E-state index contributed by atoms with van der Waals surface area (Å²) in [4.78, 5) is 27.2. The number of fused-ring (bicyclic) bond motifs is 1. The first kappa shape index (κ1) is 18.8. The van der Waals surface area contributed by atoms with Gasteiger partial charge in [-0.25, -0.2) is 9.78 Å². The number of benzene rings is 1. The van der Waals surface area contributed by atoms with Crippen LogP contribution in [0.3, 0.4) is 0 Å². The summed E-state index contributed by atoms with van der Waals surface area (Å²) < 4.78 is 5.63. The van der Waals surface area contributed by atoms with Crippen molar-refractivity contribution in [2.45, 2.75) is 64.1 Å². The largest absolute Gasteiger partial charge is 0.347 e. The number of imidazole rings is 1. The second-order valence-corrected chi connectivity index (χ2v) is 8.28. The Balaban J connectivity index is 1.41. The number of urea groups is 1. The molecule has 1 aliphatic carbocycles. The molecule has 0 saturated heterocycles. The van der Waals surface area contributed by atoms with Crippen molar-refractivity contribution in [2.24, 2.45) is 0 Å². The molecule has 2 N–H and O–H groups in total. The van der Waals surface area contributed by atoms with Gasteiger partial charge in [-0.1, -0.05) is 54.2 Å². The zero-order valence-electron chi connectivity index (χ0n) is 17.1. The van der Waals surface area contributed by atoms with E-state index in [4.69, 9.17) is 4.52 Å². The highest BCUT2D eigenvalue weighted by atomic mass is 16.5. The standard InChI is InChI=1S/C22H26N6O2/c1-14-7-9-15(10-8-14)20-26-21(30-27-20)19-11-17-18(24-13-23-17)12-28(19)22(29)25-16-5-3-2-4-6-16/h7-10,13,16,19H,2-6,11-12H2,1H3,(H,23,24)(H,25,29). The van der Waals surface area contributed by atoms with Crippen LogP contribution in [0.1, 0.15) is 61.0 Å². The molecule has 2 aliphatic rings. The van der Waals surface area contributed by atoms with Crippen molar-refractivity contribution in [3.8, 4) is 11.4 Å². The van der Waals surface area contributed by atoms with Crippen molar-refractivity contribution >= 4 is 6.03 Å². The smallest absolute Gasteiger partial charge is 0.318 e. The third kappa shape index (κ3) is 3.69. The van der Waals surface area contributed by atoms with Crippen LogP contribution in [0.4, 0.5) is 4.79 Å². The predicted molar refractivity (Wildman–Crippen MR) is 110 cm³/mol. The lowest BCUT2D eigenvalue weighted by molar-refractivity contribution is 0.138. The summed E-state index contributed by atoms with van der Waals surface area (Å²) in [5.41, 5.74) is 3.97. The third-order valence-electron chi connectivity index (χ3n) is 6.13. The van der Waals surface area contributed by atoms with Crippen LogP contribution in [0.5, 0.6) is 0 Å². The molecule has 1 aliphatic heterocycles. The molecule has 30 heavy (non-hydrogen) atoms. The minimum atomic E-state index is -0.337. The van der Waals surface area contributed by atoms with E-state index in [1.807, 2.05) is 31.2 Å². The number of carbonyl (C=O) groups excluding carboxylic acids is 1. The lowest BCUT2D eigenvalue weighted by Crippen LogP contribution is -2.48. The van der Waals surface area contributed by atoms with Gasteiger partial charge in [0.05, 0.1) is 24.3 Å². The number of carbonyl (C=O) groups is 1. The lowest BCUT2D eigenvalue weighted by atomic mass is 9.95. The molecule has 0 bridgehead atoms. The Labute approximate surface area is 175 Å². The Morgan fingerprint density at radius 1 is 1.20 bits per heavy atom. The molecule has 2 aromatic heterocycles. The molecule has 0 radical (unpaired) electrons. The third-order valence-corrected chi connectivity index (χ3v) is 6.13. The number of H-pyrrole nitrogens is 1. The van der Waals surface area contributed by atoms with Gasteiger partial charge in [0.25, 0.3) is 0 Å². The fourth-order valence-corrected chi connectivity index (χ4v) is 4.36. The van der Waals surface area contributed by atoms with Gasteiger partial charge in [0, 0.05) is 18.0 Å². The summed E-state index contributed by atoms with van der Waals surface area (Å²) in [6.07, 6.45) is 7.89. The molecule has 8 nitrogen and oxygen atoms in total. The number of aromatic amines is 1. The number of hydrogen-bond acceptors (Lipinski definition) is 5. The summed E-state index contributed by atoms with van der Waals surface area (Å²) in [7, 11) is 0. The highest BCUT2D eigenvalue weighted by Gasteiger charge is 2.36. The molecule has 1 aromatic carbocycles. The Hall–Kier alpha value is -3.16. The Morgan fingerprint density at radius 3 is 2.80 bits per heavy atom. The van der Waals surface area contributed by atoms with E-state index in [-0.39, 0.29) is 18.1 Å². The van der Waals surface area contributed by atoms with E-state index >= 15 is 0 Å². The van der Waals surface area contributed by atoms with Crippen LogP contribution >= 0.6 is 0 Å². The summed E-state index contributed by atoms with van der Waals surface area (Å²) >= 11 is 0. The molecule has 3 aromatic rings. The number of aromatic nitrogens is 4. The van der Waals surface area contributed by atoms with Crippen molar-refractivity contribution in [1.82, 2.24) is 30.3 Å². The summed E-state index contributed by atoms with van der Waals surface area (Å²) in [5, 5.41) is 7.39. The molecule has 1 atom stereocenters. The fraction of sp³-hybridized carbons (Fsp3) is 0.455. The van der Waals surface area contributed by atoms with E-state index in [1.165, 1.54) is 24.8 Å². The normalized spacial score (nSPS) is 19.5. The molecule has 3 heterocycles. The van der Waals surface area contributed by atoms with Gasteiger partial charge in [0.2, 0.25) is 11.7 Å². The molecule has 1 fully saturated rings. The van der Waals surface area contributed by atoms with Gasteiger partial charge >= 0.3 is 6.03 Å². The van der Waals surface area contributed by atoms with Crippen molar-refractivity contribution < 1.29 is 9.32 Å². The number of nitrogens with one attached hydrogen (secondary N) is 2. The molecule has 2 amide bonds. The maximum Gasteiger partial charge on any atom is 0.318 e. The molecule has 1 saturated carbocycles. The van der Waals surface area contributed by atoms with Crippen molar-refractivity contribution in [3.05, 3.63) is 53.4 Å². The summed E-state index contributed by atoms with van der Waals surface area (Å²) in [6.45, 7) is 2.48. The van der Waals surface area contributed by atoms with E-state index in [0.717, 1.165) is 29.8 Å². The number of amides is 2. The van der Waals surface area contributed by atoms with Crippen LogP contribution in [-0.4, -0.2) is 37.1 Å². The number of aryl methyl sites for hydroxylation is 1. The lowest BCUT2D eigenvalue weighted by Gasteiger charge is -2.34. The van der Waals surface area contributed by atoms with Gasteiger partial charge < -0.3 is 19.7 Å². The van der Waals surface area contributed by atoms with Gasteiger partial charge in [-0.05, 0) is 19.8 Å². The zero-order valence-corrected chi connectivity index (χ0v) is 17.1. The minimum absolute atomic E-state index is 0.0813. The first-order valence-corrected chi connectivity index (χ1v) is 10.7. The molecular weight excluding hydrogens is 380 g/mol. The minimum Gasteiger partial charge on any atom is -0.347 e. The Bertz CT molecular complexity index is 1020. The van der Waals surface area contributed by atoms with E-state index in [0.29, 0.717) is 24.7 Å². The van der Waals surface area contributed by atoms with Gasteiger partial charge in [0.15, 0.2) is 0 Å². The number of rotatable bonds is 3. The van der Waals surface area contributed by atoms with Crippen LogP contribution in [0.2, 0.25) is 0 Å². The zero-order chi connectivity index (χ0) is 20.5. The van der Waals surface area contributed by atoms with Crippen LogP contribution in [0.15, 0.2) is 35.1 Å². The monoisotopic (exact) mass is 406 g/mol. The predicted octanol–water partition coefficient (Wildman–Crippen LogP) is 3.91. The first-order chi connectivity index (χ1) is 14.7. The first-order valence-electron chi connectivity index (χ1n) is 10.7. The van der Waals surface area contributed by atoms with Gasteiger partial charge in [-0.3, -0.25) is 0 Å². The van der Waals surface area contributed by atoms with Crippen LogP contribution in [-0.2, 0) is 13.0 Å². The summed E-state index contributed by atoms with van der Waals surface area (Å²) in [6, 6.07) is 7.81. The highest BCUT2D eigenvalue weighted by Crippen LogP contribution is 2.32. The molecule has 5 rings (SSSR count). The molecule has 1 unspecified atom stereocenters. The Morgan fingerprint density at radius 2 is 2.00 bits per heavy atom. The molecular formula is C22H26N6O2. The highest BCUT2D eigenvalue weighted by molar-refractivity contribution is 5.75. The van der Waals surface area contributed by atoms with Gasteiger partial charge in [-0.15, -0.1) is 0 Å². The maximum absolute atomic E-state index is 13.2. The average Bonchev–Trinajstić information content (AvgIpc) is 3.43. The number of hydrogen-bond donors (Lipinski definition) is 2. The van der Waals surface area contributed by atoms with E-state index < -0.39 is 0 Å². The topological polar surface area (TPSA) is 99.9 Å². The van der Waals surface area contributed by atoms with Crippen LogP contribution < -0.4 is 5.32 Å². The quantitative estimate of drug-likeness (QED) is 0.687. The SMILES string of the molecule is Cc1ccc(-c2noc(C3Cc4nc[nH]c4CN3C(=O)NC3CCCCC3)n2)cc1. The average molecular weight is 406 g/mol. The fourth-order valence-electron chi connectivity index (χ4n) is 4.36. The van der Waals surface area contributed by atoms with E-state index in [1.54, 1.807) is 11.2 Å². The van der Waals surface area contributed by atoms with Crippen LogP contribution in [0.25, 0.3) is 11.4 Å². The van der Waals surface area contributed by atoms with Crippen molar-refractivity contribution in [1.29, 1.82) is 0 Å². The molecule has 8 heteroatoms. The summed E-state index contributed by atoms with van der Waals surface area (Å²) in [5.74, 6) is 0.975. The second kappa shape index (κ2) is 7.93. The van der Waals surface area contributed by atoms with E-state index in [9.17, 15) is 4.79 Å². The van der Waals surface area contributed by atoms with Crippen molar-refractivity contribution in [2.75, 3.05) is 0 Å². The van der Waals surface area contributed by atoms with Gasteiger partial charge in [-0.2, -0.15) is 4.98 Å². The maximum atomic E-state index is 13.2. The van der Waals surface area contributed by atoms with E-state index in [2.05, 4.69) is 25.4 Å². The van der Waals surface area contributed by atoms with Crippen LogP contribution in [0, 0.1) is 6.92 Å². The molecule has 0 spiro atoms. The van der Waals surface area contributed by atoms with Gasteiger partial charge in [0.1, 0.15) is 6.04 Å². The Kier molecular flexibility index (Phi) is 4.98. The second-order valence-electron chi connectivity index (χ2n) is 8.28.